The number of rotatable bonds is 8. The van der Waals surface area contributed by atoms with E-state index >= 15 is 4.39 Å². The van der Waals surface area contributed by atoms with Gasteiger partial charge in [-0.3, -0.25) is 15.0 Å². The number of hydrogen-bond donors (Lipinski definition) is 3. The number of imide groups is 1. The Bertz CT molecular complexity index is 2010. The number of anilines is 2. The van der Waals surface area contributed by atoms with Crippen LogP contribution in [0.2, 0.25) is 0 Å². The molecule has 5 aliphatic rings. The number of carbonyl (C=O) groups is 3. The monoisotopic (exact) mass is 717 g/mol. The van der Waals surface area contributed by atoms with E-state index < -0.39 is 17.7 Å². The summed E-state index contributed by atoms with van der Waals surface area (Å²) in [4.78, 5) is 52.8. The van der Waals surface area contributed by atoms with Gasteiger partial charge in [-0.25, -0.2) is 18.4 Å². The van der Waals surface area contributed by atoms with Gasteiger partial charge >= 0.3 is 18.2 Å². The summed E-state index contributed by atoms with van der Waals surface area (Å²) in [5.74, 6) is -0.0368. The molecule has 52 heavy (non-hydrogen) atoms. The lowest BCUT2D eigenvalue weighted by molar-refractivity contribution is -0.124. The van der Waals surface area contributed by atoms with Crippen LogP contribution in [0.3, 0.4) is 0 Å². The fourth-order valence-electron chi connectivity index (χ4n) is 9.00. The van der Waals surface area contributed by atoms with Crippen LogP contribution in [-0.4, -0.2) is 88.5 Å². The van der Waals surface area contributed by atoms with Crippen LogP contribution >= 0.6 is 0 Å². The number of amides is 3. The molecule has 0 aliphatic carbocycles. The number of fused-ring (bicyclic) bond motifs is 3. The first-order valence-corrected chi connectivity index (χ1v) is 17.9. The molecule has 1 spiro atoms. The summed E-state index contributed by atoms with van der Waals surface area (Å²) in [6.07, 6.45) is 3.86. The predicted molar refractivity (Wildman–Crippen MR) is 187 cm³/mol. The third-order valence-electron chi connectivity index (χ3n) is 11.4. The molecule has 5 aliphatic heterocycles. The Balaban J connectivity index is 1.18. The van der Waals surface area contributed by atoms with Crippen LogP contribution in [0.25, 0.3) is 10.8 Å². The van der Waals surface area contributed by atoms with Crippen LogP contribution in [0, 0.1) is 5.82 Å². The number of halogens is 2. The molecule has 3 amide bonds. The van der Waals surface area contributed by atoms with Crippen molar-refractivity contribution in [1.82, 2.24) is 25.5 Å². The molecule has 1 aromatic heterocycles. The Morgan fingerprint density at radius 1 is 1.10 bits per heavy atom. The second-order valence-electron chi connectivity index (χ2n) is 14.6. The van der Waals surface area contributed by atoms with Gasteiger partial charge in [-0.05, 0) is 91.8 Å². The lowest BCUT2D eigenvalue weighted by Gasteiger charge is -2.40. The van der Waals surface area contributed by atoms with Crippen LogP contribution in [0.5, 0.6) is 6.01 Å². The summed E-state index contributed by atoms with van der Waals surface area (Å²) in [6.45, 7) is 5.13. The van der Waals surface area contributed by atoms with Crippen molar-refractivity contribution < 1.29 is 37.7 Å². The molecule has 0 radical (unpaired) electrons. The Kier molecular flexibility index (Phi) is 8.63. The molecule has 4 fully saturated rings. The van der Waals surface area contributed by atoms with Gasteiger partial charge in [0.2, 0.25) is 0 Å². The smallest absolute Gasteiger partial charge is 0.461 e. The number of carboxylic acid groups (broad SMARTS) is 1. The van der Waals surface area contributed by atoms with Crippen LogP contribution in [0.4, 0.5) is 29.9 Å². The number of nitrogens with zero attached hydrogens (tertiary/aromatic N) is 5. The molecule has 8 rings (SSSR count). The quantitative estimate of drug-likeness (QED) is 0.219. The Morgan fingerprint density at radius 3 is 2.71 bits per heavy atom. The molecule has 13 nitrogen and oxygen atoms in total. The van der Waals surface area contributed by atoms with E-state index in [0.29, 0.717) is 87.3 Å². The number of ether oxygens (including phenoxy) is 2. The first-order valence-electron chi connectivity index (χ1n) is 17.9. The maximum absolute atomic E-state index is 15.3. The van der Waals surface area contributed by atoms with Gasteiger partial charge in [0.15, 0.2) is 0 Å². The number of benzene rings is 2. The number of aromatic nitrogens is 2. The highest BCUT2D eigenvalue weighted by Crippen LogP contribution is 2.43. The summed E-state index contributed by atoms with van der Waals surface area (Å²) < 4.78 is 40.3. The second-order valence-corrected chi connectivity index (χ2v) is 14.6. The fourth-order valence-corrected chi connectivity index (χ4v) is 9.00. The largest absolute Gasteiger partial charge is 0.506 e. The Morgan fingerprint density at radius 2 is 1.94 bits per heavy atom. The maximum atomic E-state index is 15.3. The van der Waals surface area contributed by atoms with Gasteiger partial charge in [0.25, 0.3) is 5.91 Å². The van der Waals surface area contributed by atoms with Crippen molar-refractivity contribution in [3.05, 3.63) is 64.4 Å². The minimum Gasteiger partial charge on any atom is -0.461 e. The third-order valence-corrected chi connectivity index (χ3v) is 11.4. The lowest BCUT2D eigenvalue weighted by atomic mass is 9.88. The number of carbonyl (C=O) groups excluding carboxylic acids is 2. The Hall–Kier alpha value is -5.05. The summed E-state index contributed by atoms with van der Waals surface area (Å²) in [5, 5.41) is 16.0. The van der Waals surface area contributed by atoms with E-state index in [0.717, 1.165) is 47.0 Å². The van der Waals surface area contributed by atoms with E-state index in [1.807, 2.05) is 24.0 Å². The van der Waals surface area contributed by atoms with Gasteiger partial charge in [-0.15, -0.1) is 0 Å². The highest BCUT2D eigenvalue weighted by molar-refractivity contribution is 6.07. The summed E-state index contributed by atoms with van der Waals surface area (Å²) in [5.41, 5.74) is 2.86. The molecule has 0 unspecified atom stereocenters. The molecule has 0 bridgehead atoms. The van der Waals surface area contributed by atoms with Crippen molar-refractivity contribution in [3.63, 3.8) is 0 Å². The van der Waals surface area contributed by atoms with Crippen molar-refractivity contribution in [2.45, 2.75) is 76.1 Å². The Labute approximate surface area is 299 Å². The molecule has 2 atom stereocenters. The van der Waals surface area contributed by atoms with Gasteiger partial charge in [0.05, 0.1) is 30.7 Å². The average molecular weight is 718 g/mol. The fraction of sp³-hybridized carbons (Fsp3) is 0.486. The molecule has 15 heteroatoms. The molecule has 274 valence electrons. The van der Waals surface area contributed by atoms with E-state index in [2.05, 4.69) is 20.4 Å². The zero-order valence-electron chi connectivity index (χ0n) is 29.0. The van der Waals surface area contributed by atoms with E-state index in [1.54, 1.807) is 6.07 Å². The van der Waals surface area contributed by atoms with Crippen molar-refractivity contribution >= 4 is 40.4 Å². The maximum Gasteiger partial charge on any atom is 0.506 e. The first-order chi connectivity index (χ1) is 25.1. The van der Waals surface area contributed by atoms with Crippen molar-refractivity contribution in [2.75, 3.05) is 49.1 Å². The SMILES string of the molecule is CCc1c(F)ccc2cc(COC(=O)O)cc(N3CCc4c(nc(OC[C@@]56CCCN5C/C(=C\F)C6)nc4N4CCC[C@]5(C4)NC(=O)NC5=O)C3)c12. The van der Waals surface area contributed by atoms with Crippen LogP contribution in [0.15, 0.2) is 36.2 Å². The van der Waals surface area contributed by atoms with Gasteiger partial charge in [0.1, 0.15) is 30.4 Å². The molecule has 4 saturated heterocycles. The number of nitrogens with one attached hydrogen (secondary N) is 2. The first kappa shape index (κ1) is 34.1. The molecule has 2 aromatic carbocycles. The molecule has 3 N–H and O–H groups in total. The topological polar surface area (TPSA) is 149 Å². The van der Waals surface area contributed by atoms with Gasteiger partial charge in [-0.2, -0.15) is 9.97 Å². The predicted octanol–water partition coefficient (Wildman–Crippen LogP) is 4.74. The standard InChI is InChI=1S/C37H41F2N7O6/c1-2-25-27(39)6-5-24-13-22(19-51-35(49)50)14-29(30(24)25)44-12-7-26-28(18-44)40-34(52-21-36-8-3-11-46(36)17-23(15-36)16-38)41-31(26)45-10-4-9-37(20-45)32(47)42-33(48)43-37/h5-6,13-14,16H,2-4,7-12,15,17-21H2,1H3,(H,49,50)(H2,42,43,47,48)/b23-16-/t36-,37+/m0/s1. The molecular weight excluding hydrogens is 676 g/mol. The molecule has 3 aromatic rings. The number of aryl methyl sites for hydroxylation is 1. The zero-order chi connectivity index (χ0) is 36.2. The molecule has 6 heterocycles. The van der Waals surface area contributed by atoms with Crippen molar-refractivity contribution in [2.24, 2.45) is 0 Å². The van der Waals surface area contributed by atoms with E-state index in [-0.39, 0.29) is 43.0 Å². The molecular formula is C37H41F2N7O6. The van der Waals surface area contributed by atoms with E-state index in [1.165, 1.54) is 6.07 Å². The normalized spacial score (nSPS) is 25.1. The van der Waals surface area contributed by atoms with E-state index in [4.69, 9.17) is 19.4 Å². The van der Waals surface area contributed by atoms with Gasteiger partial charge in [0, 0.05) is 36.3 Å². The number of hydrogen-bond acceptors (Lipinski definition) is 10. The van der Waals surface area contributed by atoms with Crippen molar-refractivity contribution in [1.29, 1.82) is 0 Å². The zero-order valence-corrected chi connectivity index (χ0v) is 29.0. The van der Waals surface area contributed by atoms with E-state index in [9.17, 15) is 23.9 Å². The number of piperidine rings is 1. The average Bonchev–Trinajstić information content (AvgIpc) is 3.78. The minimum atomic E-state index is -1.39. The van der Waals surface area contributed by atoms with Crippen LogP contribution in [0.1, 0.15) is 61.4 Å². The third kappa shape index (κ3) is 5.94. The van der Waals surface area contributed by atoms with Crippen LogP contribution < -0.4 is 25.2 Å². The molecule has 0 saturated carbocycles. The second kappa shape index (κ2) is 13.2. The van der Waals surface area contributed by atoms with Gasteiger partial charge in [-0.1, -0.05) is 13.0 Å². The minimum absolute atomic E-state index is 0.162. The number of urea groups is 1. The highest BCUT2D eigenvalue weighted by Gasteiger charge is 2.50. The van der Waals surface area contributed by atoms with Crippen molar-refractivity contribution in [3.8, 4) is 6.01 Å². The summed E-state index contributed by atoms with van der Waals surface area (Å²) >= 11 is 0. The highest BCUT2D eigenvalue weighted by atomic mass is 19.1. The summed E-state index contributed by atoms with van der Waals surface area (Å²) in [7, 11) is 0. The summed E-state index contributed by atoms with van der Waals surface area (Å²) in [6, 6.07) is 6.47. The van der Waals surface area contributed by atoms with Crippen LogP contribution in [-0.2, 0) is 35.5 Å². The van der Waals surface area contributed by atoms with Gasteiger partial charge < -0.3 is 29.7 Å². The lowest BCUT2D eigenvalue weighted by Crippen LogP contribution is -2.59.